The van der Waals surface area contributed by atoms with Gasteiger partial charge in [-0.05, 0) is 43.9 Å². The van der Waals surface area contributed by atoms with E-state index in [1.807, 2.05) is 13.8 Å². The summed E-state index contributed by atoms with van der Waals surface area (Å²) in [4.78, 5) is 0. The van der Waals surface area contributed by atoms with Crippen LogP contribution in [0.1, 0.15) is 39.8 Å². The summed E-state index contributed by atoms with van der Waals surface area (Å²) in [5.74, 6) is 1.86. The van der Waals surface area contributed by atoms with E-state index in [4.69, 9.17) is 14.9 Å². The van der Waals surface area contributed by atoms with E-state index in [9.17, 15) is 0 Å². The van der Waals surface area contributed by atoms with Crippen molar-refractivity contribution in [3.05, 3.63) is 58.0 Å². The average Bonchev–Trinajstić information content (AvgIpc) is 2.70. The second-order valence-electron chi connectivity index (χ2n) is 5.22. The van der Waals surface area contributed by atoms with Gasteiger partial charge in [0, 0.05) is 12.7 Å². The third-order valence-electron chi connectivity index (χ3n) is 3.86. The van der Waals surface area contributed by atoms with Crippen molar-refractivity contribution >= 4 is 0 Å². The topological polar surface area (TPSA) is 48.4 Å². The van der Waals surface area contributed by atoms with E-state index >= 15 is 0 Å². The number of methoxy groups -OCH3 is 1. The molecule has 0 aliphatic rings. The van der Waals surface area contributed by atoms with E-state index in [-0.39, 0.29) is 6.04 Å². The van der Waals surface area contributed by atoms with Crippen LogP contribution in [-0.4, -0.2) is 13.7 Å². The van der Waals surface area contributed by atoms with Crippen LogP contribution in [0.5, 0.6) is 0 Å². The number of benzene rings is 1. The lowest BCUT2D eigenvalue weighted by molar-refractivity contribution is 0.202. The molecule has 20 heavy (non-hydrogen) atoms. The highest BCUT2D eigenvalue weighted by molar-refractivity contribution is 5.40. The van der Waals surface area contributed by atoms with Crippen molar-refractivity contribution in [2.45, 2.75) is 33.2 Å². The maximum Gasteiger partial charge on any atom is 0.106 e. The highest BCUT2D eigenvalue weighted by Crippen LogP contribution is 2.29. The number of rotatable bonds is 5. The zero-order valence-electron chi connectivity index (χ0n) is 12.7. The highest BCUT2D eigenvalue weighted by Gasteiger charge is 2.19. The van der Waals surface area contributed by atoms with E-state index in [0.29, 0.717) is 0 Å². The first-order valence-corrected chi connectivity index (χ1v) is 6.94. The zero-order valence-corrected chi connectivity index (χ0v) is 12.7. The molecule has 2 aromatic rings. The molecule has 3 nitrogen and oxygen atoms in total. The van der Waals surface area contributed by atoms with Crippen molar-refractivity contribution in [3.63, 3.8) is 0 Å². The smallest absolute Gasteiger partial charge is 0.106 e. The van der Waals surface area contributed by atoms with Gasteiger partial charge in [0.1, 0.15) is 11.5 Å². The van der Waals surface area contributed by atoms with Crippen LogP contribution in [0.2, 0.25) is 0 Å². The number of nitrogens with two attached hydrogens (primary N) is 1. The van der Waals surface area contributed by atoms with Crippen LogP contribution in [0.4, 0.5) is 0 Å². The summed E-state index contributed by atoms with van der Waals surface area (Å²) in [6, 6.07) is 8.29. The Morgan fingerprint density at radius 3 is 2.25 bits per heavy atom. The number of hydrogen-bond donors (Lipinski definition) is 1. The Morgan fingerprint density at radius 2 is 1.75 bits per heavy atom. The molecule has 1 atom stereocenters. The largest absolute Gasteiger partial charge is 0.466 e. The number of hydrogen-bond acceptors (Lipinski definition) is 3. The van der Waals surface area contributed by atoms with Crippen molar-refractivity contribution in [1.29, 1.82) is 0 Å². The maximum absolute atomic E-state index is 6.40. The number of furan rings is 1. The van der Waals surface area contributed by atoms with Crippen molar-refractivity contribution in [2.24, 2.45) is 5.73 Å². The first kappa shape index (κ1) is 14.8. The lowest BCUT2D eigenvalue weighted by Crippen LogP contribution is -2.13. The lowest BCUT2D eigenvalue weighted by atomic mass is 9.95. The third kappa shape index (κ3) is 2.94. The molecular formula is C17H23NO2. The standard InChI is InChI=1S/C17H23NO2/c1-11-12(2)20-13(3)16(11)17(18)15-7-5-14(6-8-15)9-10-19-4/h5-8,17H,9-10,18H2,1-4H3. The van der Waals surface area contributed by atoms with Gasteiger partial charge in [-0.15, -0.1) is 0 Å². The molecule has 0 aliphatic heterocycles. The summed E-state index contributed by atoms with van der Waals surface area (Å²) in [7, 11) is 1.72. The van der Waals surface area contributed by atoms with Gasteiger partial charge in [0.2, 0.25) is 0 Å². The van der Waals surface area contributed by atoms with Gasteiger partial charge in [-0.2, -0.15) is 0 Å². The molecule has 2 N–H and O–H groups in total. The zero-order chi connectivity index (χ0) is 14.7. The Labute approximate surface area is 120 Å². The van der Waals surface area contributed by atoms with Gasteiger partial charge in [-0.1, -0.05) is 24.3 Å². The summed E-state index contributed by atoms with van der Waals surface area (Å²) in [6.45, 7) is 6.76. The molecule has 0 spiro atoms. The first-order chi connectivity index (χ1) is 9.54. The Morgan fingerprint density at radius 1 is 1.10 bits per heavy atom. The van der Waals surface area contributed by atoms with E-state index in [1.165, 1.54) is 5.56 Å². The third-order valence-corrected chi connectivity index (χ3v) is 3.86. The van der Waals surface area contributed by atoms with Crippen LogP contribution >= 0.6 is 0 Å². The van der Waals surface area contributed by atoms with Crippen molar-refractivity contribution < 1.29 is 9.15 Å². The van der Waals surface area contributed by atoms with Crippen LogP contribution in [0, 0.1) is 20.8 Å². The van der Waals surface area contributed by atoms with Crippen LogP contribution < -0.4 is 5.73 Å². The van der Waals surface area contributed by atoms with Gasteiger partial charge in [-0.3, -0.25) is 0 Å². The van der Waals surface area contributed by atoms with Gasteiger partial charge in [-0.25, -0.2) is 0 Å². The Hall–Kier alpha value is -1.58. The van der Waals surface area contributed by atoms with Crippen LogP contribution in [0.25, 0.3) is 0 Å². The van der Waals surface area contributed by atoms with E-state index in [0.717, 1.165) is 41.2 Å². The molecule has 0 radical (unpaired) electrons. The molecule has 0 aliphatic carbocycles. The molecule has 0 saturated heterocycles. The minimum absolute atomic E-state index is 0.135. The van der Waals surface area contributed by atoms with Crippen molar-refractivity contribution in [1.82, 2.24) is 0 Å². The van der Waals surface area contributed by atoms with E-state index in [2.05, 4.69) is 31.2 Å². The van der Waals surface area contributed by atoms with Gasteiger partial charge < -0.3 is 14.9 Å². The van der Waals surface area contributed by atoms with Gasteiger partial charge in [0.15, 0.2) is 0 Å². The summed E-state index contributed by atoms with van der Waals surface area (Å²) in [6.07, 6.45) is 0.925. The molecule has 2 rings (SSSR count). The molecule has 1 aromatic heterocycles. The number of ether oxygens (including phenoxy) is 1. The second-order valence-corrected chi connectivity index (χ2v) is 5.22. The van der Waals surface area contributed by atoms with Crippen molar-refractivity contribution in [2.75, 3.05) is 13.7 Å². The quantitative estimate of drug-likeness (QED) is 0.907. The fourth-order valence-electron chi connectivity index (χ4n) is 2.55. The highest BCUT2D eigenvalue weighted by atomic mass is 16.5. The maximum atomic E-state index is 6.40. The Kier molecular flexibility index (Phi) is 4.63. The summed E-state index contributed by atoms with van der Waals surface area (Å²) >= 11 is 0. The molecule has 1 aromatic carbocycles. The summed E-state index contributed by atoms with van der Waals surface area (Å²) in [5, 5.41) is 0. The van der Waals surface area contributed by atoms with Crippen molar-refractivity contribution in [3.8, 4) is 0 Å². The molecule has 3 heteroatoms. The molecule has 1 heterocycles. The molecule has 0 fully saturated rings. The minimum Gasteiger partial charge on any atom is -0.466 e. The Bertz CT molecular complexity index is 569. The molecule has 1 unspecified atom stereocenters. The van der Waals surface area contributed by atoms with Gasteiger partial charge in [0.25, 0.3) is 0 Å². The Balaban J connectivity index is 2.22. The van der Waals surface area contributed by atoms with Crippen LogP contribution in [0.3, 0.4) is 0 Å². The SMILES string of the molecule is COCCc1ccc(C(N)c2c(C)oc(C)c2C)cc1. The monoisotopic (exact) mass is 273 g/mol. The molecule has 0 saturated carbocycles. The van der Waals surface area contributed by atoms with E-state index < -0.39 is 0 Å². The van der Waals surface area contributed by atoms with Gasteiger partial charge in [0.05, 0.1) is 12.6 Å². The summed E-state index contributed by atoms with van der Waals surface area (Å²) in [5.41, 5.74) is 11.0. The molecular weight excluding hydrogens is 250 g/mol. The molecule has 108 valence electrons. The van der Waals surface area contributed by atoms with E-state index in [1.54, 1.807) is 7.11 Å². The minimum atomic E-state index is -0.135. The summed E-state index contributed by atoms with van der Waals surface area (Å²) < 4.78 is 10.8. The first-order valence-electron chi connectivity index (χ1n) is 6.94. The normalized spacial score (nSPS) is 12.7. The average molecular weight is 273 g/mol. The fourth-order valence-corrected chi connectivity index (χ4v) is 2.55. The molecule has 0 amide bonds. The number of aryl methyl sites for hydroxylation is 2. The second kappa shape index (κ2) is 6.25. The fraction of sp³-hybridized carbons (Fsp3) is 0.412. The molecule has 0 bridgehead atoms. The van der Waals surface area contributed by atoms with Crippen LogP contribution in [0.15, 0.2) is 28.7 Å². The van der Waals surface area contributed by atoms with Gasteiger partial charge >= 0.3 is 0 Å². The lowest BCUT2D eigenvalue weighted by Gasteiger charge is -2.13. The predicted octanol–water partition coefficient (Wildman–Crippen LogP) is 3.44. The predicted molar refractivity (Wildman–Crippen MR) is 81.0 cm³/mol. The van der Waals surface area contributed by atoms with Crippen LogP contribution in [-0.2, 0) is 11.2 Å².